The summed E-state index contributed by atoms with van der Waals surface area (Å²) in [5, 5.41) is 10.8. The Labute approximate surface area is 172 Å². The molecule has 0 unspecified atom stereocenters. The van der Waals surface area contributed by atoms with E-state index in [-0.39, 0.29) is 17.4 Å². The summed E-state index contributed by atoms with van der Waals surface area (Å²) >= 11 is 0. The summed E-state index contributed by atoms with van der Waals surface area (Å²) < 4.78 is 1.54. The van der Waals surface area contributed by atoms with Gasteiger partial charge < -0.3 is 10.6 Å². The van der Waals surface area contributed by atoms with Gasteiger partial charge in [-0.15, -0.1) is 0 Å². The number of carbonyl (C=O) groups is 2. The van der Waals surface area contributed by atoms with Crippen LogP contribution in [-0.2, 0) is 11.8 Å². The lowest BCUT2D eigenvalue weighted by Crippen LogP contribution is -2.39. The van der Waals surface area contributed by atoms with Crippen LogP contribution in [0.15, 0.2) is 24.3 Å². The molecule has 3 rings (SSSR count). The van der Waals surface area contributed by atoms with Crippen LogP contribution >= 0.6 is 0 Å². The molecule has 0 bridgehead atoms. The zero-order chi connectivity index (χ0) is 21.2. The van der Waals surface area contributed by atoms with Crippen molar-refractivity contribution in [1.29, 1.82) is 0 Å². The predicted molar refractivity (Wildman–Crippen MR) is 116 cm³/mol. The second kappa shape index (κ2) is 8.37. The molecule has 2 N–H and O–H groups in total. The summed E-state index contributed by atoms with van der Waals surface area (Å²) in [7, 11) is 1.73. The topological polar surface area (TPSA) is 79.3 Å². The summed E-state index contributed by atoms with van der Waals surface area (Å²) in [6.45, 7) is 9.24. The van der Waals surface area contributed by atoms with Gasteiger partial charge in [0.25, 0.3) is 5.91 Å². The number of para-hydroxylation sites is 2. The molecule has 0 fully saturated rings. The maximum atomic E-state index is 13.3. The Kier molecular flexibility index (Phi) is 6.07. The van der Waals surface area contributed by atoms with Crippen molar-refractivity contribution in [2.75, 3.05) is 16.8 Å². The number of rotatable bonds is 7. The van der Waals surface area contributed by atoms with Gasteiger partial charge in [0, 0.05) is 19.0 Å². The Morgan fingerprint density at radius 3 is 2.69 bits per heavy atom. The number of benzene rings is 1. The number of aromatic nitrogens is 2. The number of aryl methyl sites for hydroxylation is 2. The molecule has 1 aromatic heterocycles. The molecule has 29 heavy (non-hydrogen) atoms. The van der Waals surface area contributed by atoms with Gasteiger partial charge in [0.1, 0.15) is 5.69 Å². The van der Waals surface area contributed by atoms with E-state index in [4.69, 9.17) is 0 Å². The van der Waals surface area contributed by atoms with E-state index in [1.165, 1.54) is 0 Å². The van der Waals surface area contributed by atoms with Crippen LogP contribution in [0.25, 0.3) is 0 Å². The van der Waals surface area contributed by atoms with Crippen LogP contribution in [0.5, 0.6) is 0 Å². The van der Waals surface area contributed by atoms with Crippen molar-refractivity contribution < 1.29 is 9.59 Å². The third-order valence-electron chi connectivity index (χ3n) is 5.58. The number of nitrogens with zero attached hydrogens (tertiary/aromatic N) is 3. The zero-order valence-electron chi connectivity index (χ0n) is 18.0. The molecule has 7 heteroatoms. The summed E-state index contributed by atoms with van der Waals surface area (Å²) in [5.74, 6) is -0.280. The lowest BCUT2D eigenvalue weighted by molar-refractivity contribution is -0.118. The van der Waals surface area contributed by atoms with E-state index in [1.807, 2.05) is 31.2 Å². The van der Waals surface area contributed by atoms with E-state index < -0.39 is 0 Å². The number of nitrogens with one attached hydrogen (secondary N) is 2. The largest absolute Gasteiger partial charge is 0.319 e. The fourth-order valence-corrected chi connectivity index (χ4v) is 3.57. The maximum Gasteiger partial charge on any atom is 0.276 e. The average Bonchev–Trinajstić information content (AvgIpc) is 2.88. The van der Waals surface area contributed by atoms with Gasteiger partial charge >= 0.3 is 0 Å². The van der Waals surface area contributed by atoms with Gasteiger partial charge in [0.05, 0.1) is 17.1 Å². The van der Waals surface area contributed by atoms with Gasteiger partial charge in [-0.05, 0) is 58.7 Å². The Morgan fingerprint density at radius 2 is 1.97 bits per heavy atom. The van der Waals surface area contributed by atoms with E-state index in [2.05, 4.69) is 36.5 Å². The SMILES string of the molecule is CCC(C)(C)NCCCCC(=O)N1c2ccccc2NC(=O)c2c1c(C)nn2C. The highest BCUT2D eigenvalue weighted by Gasteiger charge is 2.33. The van der Waals surface area contributed by atoms with Gasteiger partial charge in [0.15, 0.2) is 5.69 Å². The van der Waals surface area contributed by atoms with E-state index in [1.54, 1.807) is 16.6 Å². The molecule has 2 amide bonds. The van der Waals surface area contributed by atoms with Crippen molar-refractivity contribution in [3.8, 4) is 0 Å². The fourth-order valence-electron chi connectivity index (χ4n) is 3.57. The van der Waals surface area contributed by atoms with Crippen molar-refractivity contribution in [2.24, 2.45) is 7.05 Å². The van der Waals surface area contributed by atoms with Crippen molar-refractivity contribution in [3.63, 3.8) is 0 Å². The van der Waals surface area contributed by atoms with Crippen molar-refractivity contribution >= 4 is 28.9 Å². The number of anilines is 3. The third kappa shape index (κ3) is 4.34. The van der Waals surface area contributed by atoms with Crippen LogP contribution in [-0.4, -0.2) is 33.7 Å². The second-order valence-corrected chi connectivity index (χ2v) is 8.23. The minimum atomic E-state index is -0.253. The first-order valence-corrected chi connectivity index (χ1v) is 10.3. The molecule has 1 aromatic carbocycles. The molecular weight excluding hydrogens is 366 g/mol. The van der Waals surface area contributed by atoms with E-state index in [0.29, 0.717) is 34.9 Å². The number of hydrogen-bond acceptors (Lipinski definition) is 4. The van der Waals surface area contributed by atoms with Gasteiger partial charge in [-0.25, -0.2) is 0 Å². The van der Waals surface area contributed by atoms with Crippen LogP contribution in [0.3, 0.4) is 0 Å². The lowest BCUT2D eigenvalue weighted by atomic mass is 10.0. The minimum absolute atomic E-state index is 0.0268. The predicted octanol–water partition coefficient (Wildman–Crippen LogP) is 3.91. The zero-order valence-corrected chi connectivity index (χ0v) is 18.0. The first-order valence-electron chi connectivity index (χ1n) is 10.3. The lowest BCUT2D eigenvalue weighted by Gasteiger charge is -2.25. The quantitative estimate of drug-likeness (QED) is 0.695. The number of unbranched alkanes of at least 4 members (excludes halogenated alkanes) is 1. The molecule has 0 saturated carbocycles. The maximum absolute atomic E-state index is 13.3. The van der Waals surface area contributed by atoms with Crippen LogP contribution in [0.4, 0.5) is 17.1 Å². The summed E-state index contributed by atoms with van der Waals surface area (Å²) in [4.78, 5) is 27.7. The fraction of sp³-hybridized carbons (Fsp3) is 0.500. The Balaban J connectivity index is 1.82. The molecule has 1 aliphatic heterocycles. The molecule has 0 spiro atoms. The molecule has 1 aliphatic rings. The van der Waals surface area contributed by atoms with Crippen LogP contribution in [0.1, 0.15) is 62.6 Å². The first-order chi connectivity index (χ1) is 13.7. The molecule has 2 aromatic rings. The highest BCUT2D eigenvalue weighted by molar-refractivity contribution is 6.17. The van der Waals surface area contributed by atoms with Gasteiger partial charge in [-0.1, -0.05) is 19.1 Å². The molecule has 156 valence electrons. The highest BCUT2D eigenvalue weighted by Crippen LogP contribution is 2.39. The standard InChI is InChI=1S/C22H31N5O2/c1-6-22(3,4)23-14-10-9-13-18(28)27-17-12-8-7-11-16(17)24-21(29)20-19(27)15(2)25-26(20)5/h7-8,11-12,23H,6,9-10,13-14H2,1-5H3,(H,24,29). The summed E-state index contributed by atoms with van der Waals surface area (Å²) in [6, 6.07) is 7.40. The Bertz CT molecular complexity index is 916. The Hall–Kier alpha value is -2.67. The molecule has 0 saturated heterocycles. The molecular formula is C22H31N5O2. The van der Waals surface area contributed by atoms with Crippen LogP contribution in [0.2, 0.25) is 0 Å². The normalized spacial score (nSPS) is 13.6. The van der Waals surface area contributed by atoms with Crippen molar-refractivity contribution in [3.05, 3.63) is 35.7 Å². The molecule has 2 heterocycles. The van der Waals surface area contributed by atoms with E-state index in [9.17, 15) is 9.59 Å². The van der Waals surface area contributed by atoms with Gasteiger partial charge in [-0.2, -0.15) is 5.10 Å². The number of carbonyl (C=O) groups excluding carboxylic acids is 2. The second-order valence-electron chi connectivity index (χ2n) is 8.23. The average molecular weight is 398 g/mol. The van der Waals surface area contributed by atoms with Gasteiger partial charge in [0.2, 0.25) is 5.91 Å². The smallest absolute Gasteiger partial charge is 0.276 e. The monoisotopic (exact) mass is 397 g/mol. The minimum Gasteiger partial charge on any atom is -0.319 e. The molecule has 0 atom stereocenters. The highest BCUT2D eigenvalue weighted by atomic mass is 16.2. The van der Waals surface area contributed by atoms with Crippen LogP contribution < -0.4 is 15.5 Å². The van der Waals surface area contributed by atoms with E-state index >= 15 is 0 Å². The molecule has 7 nitrogen and oxygen atoms in total. The van der Waals surface area contributed by atoms with Crippen LogP contribution in [0, 0.1) is 6.92 Å². The number of amides is 2. The molecule has 0 aliphatic carbocycles. The number of fused-ring (bicyclic) bond motifs is 2. The summed E-state index contributed by atoms with van der Waals surface area (Å²) in [5.41, 5.74) is 3.07. The van der Waals surface area contributed by atoms with Gasteiger partial charge in [-0.3, -0.25) is 19.2 Å². The Morgan fingerprint density at radius 1 is 1.24 bits per heavy atom. The van der Waals surface area contributed by atoms with Crippen molar-refractivity contribution in [2.45, 2.75) is 58.9 Å². The van der Waals surface area contributed by atoms with E-state index in [0.717, 1.165) is 25.8 Å². The molecule has 0 radical (unpaired) electrons. The number of hydrogen-bond donors (Lipinski definition) is 2. The third-order valence-corrected chi connectivity index (χ3v) is 5.58. The summed E-state index contributed by atoms with van der Waals surface area (Å²) in [6.07, 6.45) is 3.16. The van der Waals surface area contributed by atoms with Crippen molar-refractivity contribution in [1.82, 2.24) is 15.1 Å². The first kappa shape index (κ1) is 21.0.